The normalized spacial score (nSPS) is 17.4. The van der Waals surface area contributed by atoms with Crippen LogP contribution in [0.15, 0.2) is 114 Å². The fourth-order valence-electron chi connectivity index (χ4n) is 7.97. The molecule has 3 fully saturated rings. The van der Waals surface area contributed by atoms with E-state index >= 15 is 0 Å². The van der Waals surface area contributed by atoms with Crippen LogP contribution in [0, 0.1) is 0 Å². The lowest BCUT2D eigenvalue weighted by Crippen LogP contribution is -2.41. The number of aromatic amines is 2. The molecule has 5 heterocycles. The number of carboxylic acids is 1. The first kappa shape index (κ1) is 59.9. The van der Waals surface area contributed by atoms with Crippen molar-refractivity contribution in [3.63, 3.8) is 0 Å². The quantitative estimate of drug-likeness (QED) is 0.0995. The van der Waals surface area contributed by atoms with E-state index in [4.69, 9.17) is 14.4 Å². The van der Waals surface area contributed by atoms with Gasteiger partial charge in [-0.2, -0.15) is 0 Å². The third-order valence-electron chi connectivity index (χ3n) is 12.5. The van der Waals surface area contributed by atoms with E-state index in [9.17, 15) is 9.59 Å². The number of rotatable bonds is 8. The summed E-state index contributed by atoms with van der Waals surface area (Å²) in [6, 6.07) is 31.3. The number of likely N-dealkylation sites (tertiary alicyclic amines) is 2. The van der Waals surface area contributed by atoms with Crippen molar-refractivity contribution in [2.75, 3.05) is 34.3 Å². The van der Waals surface area contributed by atoms with Crippen LogP contribution in [-0.4, -0.2) is 99.4 Å². The predicted molar refractivity (Wildman–Crippen MR) is 296 cm³/mol. The Morgan fingerprint density at radius 3 is 1.35 bits per heavy atom. The van der Waals surface area contributed by atoms with Gasteiger partial charge in [-0.3, -0.25) is 9.80 Å². The topological polar surface area (TPSA) is 146 Å². The number of H-pyrrole nitrogens is 2. The number of nitrogens with one attached hydrogen (secondary N) is 2. The summed E-state index contributed by atoms with van der Waals surface area (Å²) in [5.74, 6) is 0.885. The molecular formula is C57H80BBrN6O6. The van der Waals surface area contributed by atoms with Crippen molar-refractivity contribution in [1.82, 2.24) is 29.7 Å². The fraction of sp³-hybridized carbons (Fsp3) is 0.439. The van der Waals surface area contributed by atoms with Crippen molar-refractivity contribution in [3.8, 4) is 33.6 Å². The first-order chi connectivity index (χ1) is 34.1. The summed E-state index contributed by atoms with van der Waals surface area (Å²) in [5, 5.41) is 8.99. The molecule has 0 aliphatic carbocycles. The van der Waals surface area contributed by atoms with Crippen molar-refractivity contribution in [2.24, 2.45) is 0 Å². The Kier molecular flexibility index (Phi) is 24.7. The van der Waals surface area contributed by atoms with Crippen molar-refractivity contribution in [3.05, 3.63) is 137 Å². The van der Waals surface area contributed by atoms with Gasteiger partial charge in [0.1, 0.15) is 11.6 Å². The number of hydrogen-bond donors (Lipinski definition) is 3. The molecule has 0 saturated carbocycles. The van der Waals surface area contributed by atoms with Crippen molar-refractivity contribution in [1.29, 1.82) is 0 Å². The molecule has 384 valence electrons. The van der Waals surface area contributed by atoms with Gasteiger partial charge in [-0.05, 0) is 145 Å². The number of benzene rings is 4. The Bertz CT molecular complexity index is 2460. The minimum Gasteiger partial charge on any atom is -0.478 e. The zero-order valence-corrected chi connectivity index (χ0v) is 46.6. The van der Waals surface area contributed by atoms with E-state index in [2.05, 4.69) is 129 Å². The number of aromatic nitrogens is 4. The third-order valence-corrected chi connectivity index (χ3v) is 13.1. The van der Waals surface area contributed by atoms with E-state index in [1.54, 1.807) is 36.4 Å². The Hall–Kier alpha value is -5.38. The molecule has 71 heavy (non-hydrogen) atoms. The van der Waals surface area contributed by atoms with Gasteiger partial charge in [0.25, 0.3) is 0 Å². The van der Waals surface area contributed by atoms with Gasteiger partial charge in [-0.25, -0.2) is 19.6 Å². The minimum atomic E-state index is -0.908. The number of carbonyl (C=O) groups excluding carboxylic acids is 1. The number of carbonyl (C=O) groups is 2. The number of imidazole rings is 2. The monoisotopic (exact) mass is 1030 g/mol. The highest BCUT2D eigenvalue weighted by Crippen LogP contribution is 2.37. The molecule has 14 heteroatoms. The summed E-state index contributed by atoms with van der Waals surface area (Å²) < 4.78 is 17.7. The minimum absolute atomic E-state index is 0.298. The Labute approximate surface area is 433 Å². The summed E-state index contributed by atoms with van der Waals surface area (Å²) in [4.78, 5) is 42.7. The van der Waals surface area contributed by atoms with Gasteiger partial charge in [0.05, 0.1) is 65.3 Å². The first-order valence-corrected chi connectivity index (χ1v) is 26.2. The lowest BCUT2D eigenvalue weighted by Gasteiger charge is -2.32. The second-order valence-electron chi connectivity index (χ2n) is 17.3. The molecule has 3 aliphatic heterocycles. The molecule has 0 spiro atoms. The molecule has 9 rings (SSSR count). The van der Waals surface area contributed by atoms with Crippen LogP contribution >= 0.6 is 15.9 Å². The summed E-state index contributed by atoms with van der Waals surface area (Å²) in [6.45, 7) is 26.6. The number of ether oxygens (including phenoxy) is 1. The number of carboxylic acid groups (broad SMARTS) is 1. The molecule has 0 bridgehead atoms. The number of esters is 1. The molecule has 3 saturated heterocycles. The second-order valence-corrected chi connectivity index (χ2v) is 18.2. The van der Waals surface area contributed by atoms with Gasteiger partial charge in [0.15, 0.2) is 0 Å². The molecule has 0 unspecified atom stereocenters. The summed E-state index contributed by atoms with van der Waals surface area (Å²) in [5.41, 5.74) is 7.63. The standard InChI is InChI=1S/C21H21N3O2.C20H28BN3O2.C8H7BrO2.4C2H6/c1-24-12-2-3-19(24)20-22-13-18(23-20)16-8-4-14(5-9-16)15-6-10-17(11-7-15)21(25)26;1-19(2)20(3,4)26-21(25-19)15-10-8-14(9-11-15)16-13-22-18(23-16)17-7-6-12-24(17)5;1-11-8(10)6-2-4-7(9)5-3-6;4*1-2/h4-11,13,19H,2-3,12H2,1H3,(H,22,23)(H,25,26);8-11,13,17H,6-7,12H2,1-5H3,(H,22,23);2-5H,1H3;4*1-2H3/t19-;17-;;;;;/m00...../s1. The predicted octanol–water partition coefficient (Wildman–Crippen LogP) is 13.7. The molecule has 0 radical (unpaired) electrons. The lowest BCUT2D eigenvalue weighted by atomic mass is 9.79. The maximum Gasteiger partial charge on any atom is 0.494 e. The average molecular weight is 1040 g/mol. The molecule has 3 N–H and O–H groups in total. The molecule has 12 nitrogen and oxygen atoms in total. The summed E-state index contributed by atoms with van der Waals surface area (Å²) in [7, 11) is 5.35. The van der Waals surface area contributed by atoms with Crippen LogP contribution in [0.4, 0.5) is 0 Å². The highest BCUT2D eigenvalue weighted by Gasteiger charge is 2.51. The first-order valence-electron chi connectivity index (χ1n) is 25.4. The number of nitrogens with zero attached hydrogens (tertiary/aromatic N) is 4. The van der Waals surface area contributed by atoms with Crippen LogP contribution < -0.4 is 5.46 Å². The maximum absolute atomic E-state index is 11.0. The molecule has 2 atom stereocenters. The van der Waals surface area contributed by atoms with Crippen LogP contribution in [0.5, 0.6) is 0 Å². The third kappa shape index (κ3) is 16.1. The van der Waals surface area contributed by atoms with Crippen LogP contribution in [0.3, 0.4) is 0 Å². The van der Waals surface area contributed by atoms with E-state index in [-0.39, 0.29) is 24.3 Å². The van der Waals surface area contributed by atoms with E-state index < -0.39 is 5.97 Å². The van der Waals surface area contributed by atoms with Crippen molar-refractivity contribution in [2.45, 2.75) is 132 Å². The van der Waals surface area contributed by atoms with Gasteiger partial charge < -0.3 is 29.1 Å². The van der Waals surface area contributed by atoms with Gasteiger partial charge in [0, 0.05) is 4.47 Å². The van der Waals surface area contributed by atoms with E-state index in [1.807, 2.05) is 92.0 Å². The van der Waals surface area contributed by atoms with Gasteiger partial charge >= 0.3 is 19.1 Å². The lowest BCUT2D eigenvalue weighted by molar-refractivity contribution is 0.00578. The highest BCUT2D eigenvalue weighted by atomic mass is 79.9. The van der Waals surface area contributed by atoms with Crippen molar-refractivity contribution < 1.29 is 28.7 Å². The molecule has 2 aromatic heterocycles. The molecular weight excluding hydrogens is 955 g/mol. The van der Waals surface area contributed by atoms with Crippen molar-refractivity contribution >= 4 is 40.4 Å². The van der Waals surface area contributed by atoms with Gasteiger partial charge in [-0.1, -0.05) is 132 Å². The molecule has 0 amide bonds. The van der Waals surface area contributed by atoms with Crippen LogP contribution in [0.25, 0.3) is 33.6 Å². The number of aromatic carboxylic acids is 1. The number of methoxy groups -OCH3 is 1. The summed E-state index contributed by atoms with van der Waals surface area (Å²) >= 11 is 3.26. The van der Waals surface area contributed by atoms with Crippen LogP contribution in [-0.2, 0) is 14.0 Å². The average Bonchev–Trinajstić information content (AvgIpc) is 4.27. The van der Waals surface area contributed by atoms with E-state index in [1.165, 1.54) is 26.4 Å². The van der Waals surface area contributed by atoms with E-state index in [0.717, 1.165) is 74.7 Å². The van der Waals surface area contributed by atoms with Crippen LogP contribution in [0.1, 0.15) is 153 Å². The van der Waals surface area contributed by atoms with Gasteiger partial charge in [0.2, 0.25) is 0 Å². The van der Waals surface area contributed by atoms with Gasteiger partial charge in [-0.15, -0.1) is 0 Å². The Morgan fingerprint density at radius 2 is 0.986 bits per heavy atom. The Morgan fingerprint density at radius 1 is 0.620 bits per heavy atom. The zero-order chi connectivity index (χ0) is 52.9. The zero-order valence-electron chi connectivity index (χ0n) is 45.0. The molecule has 6 aromatic rings. The molecule has 3 aliphatic rings. The summed E-state index contributed by atoms with van der Waals surface area (Å²) in [6.07, 6.45) is 8.61. The molecule has 4 aromatic carbocycles. The highest BCUT2D eigenvalue weighted by molar-refractivity contribution is 9.10. The number of halogens is 1. The SMILES string of the molecule is CC.CC.CC.CC.CN1CCC[C@H]1c1ncc(-c2ccc(-c3ccc(C(=O)O)cc3)cc2)[nH]1.CN1CCC[C@H]1c1ncc(-c2ccc(B3OC(C)(C)C(C)(C)O3)cc2)[nH]1.COC(=O)c1ccc(Br)cc1. The number of hydrogen-bond acceptors (Lipinski definition) is 9. The smallest absolute Gasteiger partial charge is 0.478 e. The maximum atomic E-state index is 11.0. The fourth-order valence-corrected chi connectivity index (χ4v) is 8.23. The second kappa shape index (κ2) is 29.2. The van der Waals surface area contributed by atoms with Crippen LogP contribution in [0.2, 0.25) is 0 Å². The largest absolute Gasteiger partial charge is 0.494 e. The Balaban J connectivity index is 0.000000279. The van der Waals surface area contributed by atoms with E-state index in [0.29, 0.717) is 23.2 Å².